The average molecular weight is 241 g/mol. The van der Waals surface area contributed by atoms with Crippen LogP contribution >= 0.6 is 11.6 Å². The molecule has 3 N–H and O–H groups in total. The number of carbonyl (C=O) groups excluding carboxylic acids is 1. The minimum atomic E-state index is -0.427. The van der Waals surface area contributed by atoms with Crippen molar-refractivity contribution in [3.8, 4) is 0 Å². The summed E-state index contributed by atoms with van der Waals surface area (Å²) in [6, 6.07) is 4.99. The predicted octanol–water partition coefficient (Wildman–Crippen LogP) is 1.13. The molecular formula is C11H13ClN2O2. The molecule has 0 bridgehead atoms. The zero-order chi connectivity index (χ0) is 11.7. The van der Waals surface area contributed by atoms with E-state index >= 15 is 0 Å². The Kier molecular flexibility index (Phi) is 3.03. The van der Waals surface area contributed by atoms with Crippen LogP contribution in [0.5, 0.6) is 0 Å². The summed E-state index contributed by atoms with van der Waals surface area (Å²) in [4.78, 5) is 13.6. The Morgan fingerprint density at radius 1 is 1.56 bits per heavy atom. The van der Waals surface area contributed by atoms with Crippen LogP contribution in [-0.4, -0.2) is 35.1 Å². The van der Waals surface area contributed by atoms with E-state index in [4.69, 9.17) is 17.3 Å². The van der Waals surface area contributed by atoms with E-state index in [9.17, 15) is 9.90 Å². The normalized spacial score (nSPS) is 20.1. The van der Waals surface area contributed by atoms with E-state index in [1.807, 2.05) is 0 Å². The molecule has 1 atom stereocenters. The molecule has 5 heteroatoms. The van der Waals surface area contributed by atoms with E-state index in [0.717, 1.165) is 0 Å². The number of nitrogen functional groups attached to an aromatic ring is 1. The topological polar surface area (TPSA) is 66.6 Å². The molecule has 16 heavy (non-hydrogen) atoms. The molecule has 0 aromatic heterocycles. The van der Waals surface area contributed by atoms with Gasteiger partial charge in [0.15, 0.2) is 0 Å². The maximum Gasteiger partial charge on any atom is 0.256 e. The number of nitrogens with two attached hydrogens (primary N) is 1. The van der Waals surface area contributed by atoms with E-state index in [0.29, 0.717) is 35.8 Å². The molecule has 1 aliphatic rings. The second-order valence-corrected chi connectivity index (χ2v) is 4.30. The van der Waals surface area contributed by atoms with E-state index in [1.54, 1.807) is 23.1 Å². The quantitative estimate of drug-likeness (QED) is 0.724. The Morgan fingerprint density at radius 3 is 2.94 bits per heavy atom. The van der Waals surface area contributed by atoms with E-state index in [1.165, 1.54) is 0 Å². The van der Waals surface area contributed by atoms with Gasteiger partial charge in [0.05, 0.1) is 22.4 Å². The summed E-state index contributed by atoms with van der Waals surface area (Å²) in [5, 5.41) is 9.75. The molecule has 4 nitrogen and oxygen atoms in total. The van der Waals surface area contributed by atoms with Crippen LogP contribution in [0.4, 0.5) is 5.69 Å². The van der Waals surface area contributed by atoms with Gasteiger partial charge in [-0.2, -0.15) is 0 Å². The van der Waals surface area contributed by atoms with Crippen molar-refractivity contribution in [1.82, 2.24) is 4.90 Å². The molecule has 1 amide bonds. The predicted molar refractivity (Wildman–Crippen MR) is 62.4 cm³/mol. The molecule has 0 radical (unpaired) electrons. The first-order chi connectivity index (χ1) is 7.59. The molecule has 0 saturated carbocycles. The van der Waals surface area contributed by atoms with Crippen LogP contribution in [0.1, 0.15) is 16.8 Å². The van der Waals surface area contributed by atoms with Gasteiger partial charge in [-0.15, -0.1) is 0 Å². The third kappa shape index (κ3) is 1.99. The Bertz CT molecular complexity index is 422. The second-order valence-electron chi connectivity index (χ2n) is 3.89. The molecule has 1 aromatic carbocycles. The van der Waals surface area contributed by atoms with Crippen LogP contribution in [0.3, 0.4) is 0 Å². The summed E-state index contributed by atoms with van der Waals surface area (Å²) in [7, 11) is 0. The van der Waals surface area contributed by atoms with Gasteiger partial charge >= 0.3 is 0 Å². The van der Waals surface area contributed by atoms with Crippen molar-refractivity contribution < 1.29 is 9.90 Å². The minimum absolute atomic E-state index is 0.170. The van der Waals surface area contributed by atoms with Gasteiger partial charge in [0, 0.05) is 13.1 Å². The van der Waals surface area contributed by atoms with Crippen molar-refractivity contribution in [2.45, 2.75) is 12.5 Å². The number of β-amino-alcohol motifs (C(OH)–C–C–N with tert-alkyl or cyclic N) is 1. The fraction of sp³-hybridized carbons (Fsp3) is 0.364. The fourth-order valence-electron chi connectivity index (χ4n) is 1.82. The number of hydrogen-bond acceptors (Lipinski definition) is 3. The first kappa shape index (κ1) is 11.2. The molecule has 1 saturated heterocycles. The van der Waals surface area contributed by atoms with Crippen molar-refractivity contribution in [3.05, 3.63) is 28.8 Å². The molecule has 86 valence electrons. The Hall–Kier alpha value is -1.26. The van der Waals surface area contributed by atoms with Gasteiger partial charge in [-0.3, -0.25) is 4.79 Å². The lowest BCUT2D eigenvalue weighted by Gasteiger charge is -2.16. The zero-order valence-corrected chi connectivity index (χ0v) is 9.44. The van der Waals surface area contributed by atoms with Gasteiger partial charge in [0.2, 0.25) is 0 Å². The highest BCUT2D eigenvalue weighted by molar-refractivity contribution is 6.33. The number of aliphatic hydroxyl groups excluding tert-OH is 1. The summed E-state index contributed by atoms with van der Waals surface area (Å²) in [5.41, 5.74) is 6.45. The highest BCUT2D eigenvalue weighted by Gasteiger charge is 2.26. The molecular weight excluding hydrogens is 228 g/mol. The number of likely N-dealkylation sites (tertiary alicyclic amines) is 1. The lowest BCUT2D eigenvalue weighted by molar-refractivity contribution is 0.0766. The summed E-state index contributed by atoms with van der Waals surface area (Å²) in [6.45, 7) is 0.927. The lowest BCUT2D eigenvalue weighted by atomic mass is 10.1. The van der Waals surface area contributed by atoms with Gasteiger partial charge in [-0.25, -0.2) is 0 Å². The van der Waals surface area contributed by atoms with E-state index in [2.05, 4.69) is 0 Å². The Balaban J connectivity index is 2.24. The van der Waals surface area contributed by atoms with Crippen LogP contribution in [-0.2, 0) is 0 Å². The lowest BCUT2D eigenvalue weighted by Crippen LogP contribution is -2.30. The first-order valence-electron chi connectivity index (χ1n) is 5.11. The number of hydrogen-bond donors (Lipinski definition) is 2. The van der Waals surface area contributed by atoms with Gasteiger partial charge in [0.1, 0.15) is 0 Å². The number of benzene rings is 1. The number of nitrogens with zero attached hydrogens (tertiary/aromatic N) is 1. The molecule has 0 spiro atoms. The maximum absolute atomic E-state index is 12.0. The molecule has 2 rings (SSSR count). The SMILES string of the molecule is Nc1c(Cl)cccc1C(=O)N1CC[C@H](O)C1. The Morgan fingerprint density at radius 2 is 2.31 bits per heavy atom. The van der Waals surface area contributed by atoms with Crippen LogP contribution in [0.15, 0.2) is 18.2 Å². The van der Waals surface area contributed by atoms with Crippen molar-refractivity contribution in [2.75, 3.05) is 18.8 Å². The minimum Gasteiger partial charge on any atom is -0.397 e. The van der Waals surface area contributed by atoms with Crippen LogP contribution in [0, 0.1) is 0 Å². The standard InChI is InChI=1S/C11H13ClN2O2/c12-9-3-1-2-8(10(9)13)11(16)14-5-4-7(15)6-14/h1-3,7,15H,4-6,13H2/t7-/m0/s1. The second kappa shape index (κ2) is 4.31. The van der Waals surface area contributed by atoms with Gasteiger partial charge in [-0.1, -0.05) is 17.7 Å². The van der Waals surface area contributed by atoms with E-state index in [-0.39, 0.29) is 5.91 Å². The summed E-state index contributed by atoms with van der Waals surface area (Å²) in [6.07, 6.45) is 0.191. The number of rotatable bonds is 1. The molecule has 1 aliphatic heterocycles. The molecule has 1 aromatic rings. The molecule has 1 fully saturated rings. The van der Waals surface area contributed by atoms with Gasteiger partial charge in [-0.05, 0) is 18.6 Å². The third-order valence-electron chi connectivity index (χ3n) is 2.73. The van der Waals surface area contributed by atoms with Crippen LogP contribution in [0.25, 0.3) is 0 Å². The van der Waals surface area contributed by atoms with Crippen LogP contribution in [0.2, 0.25) is 5.02 Å². The number of anilines is 1. The number of carbonyl (C=O) groups is 1. The highest BCUT2D eigenvalue weighted by atomic mass is 35.5. The monoisotopic (exact) mass is 240 g/mol. The number of halogens is 1. The maximum atomic E-state index is 12.0. The summed E-state index contributed by atoms with van der Waals surface area (Å²) < 4.78 is 0. The van der Waals surface area contributed by atoms with Crippen molar-refractivity contribution in [1.29, 1.82) is 0 Å². The van der Waals surface area contributed by atoms with E-state index < -0.39 is 6.10 Å². The largest absolute Gasteiger partial charge is 0.397 e. The molecule has 0 aliphatic carbocycles. The molecule has 0 unspecified atom stereocenters. The smallest absolute Gasteiger partial charge is 0.256 e. The Labute approximate surface area is 98.6 Å². The van der Waals surface area contributed by atoms with Crippen molar-refractivity contribution in [3.63, 3.8) is 0 Å². The summed E-state index contributed by atoms with van der Waals surface area (Å²) >= 11 is 5.85. The number of aliphatic hydroxyl groups is 1. The molecule has 1 heterocycles. The third-order valence-corrected chi connectivity index (χ3v) is 3.06. The highest BCUT2D eigenvalue weighted by Crippen LogP contribution is 2.24. The van der Waals surface area contributed by atoms with Gasteiger partial charge < -0.3 is 15.7 Å². The van der Waals surface area contributed by atoms with Crippen LogP contribution < -0.4 is 5.73 Å². The zero-order valence-electron chi connectivity index (χ0n) is 8.69. The van der Waals surface area contributed by atoms with Crippen molar-refractivity contribution >= 4 is 23.2 Å². The fourth-order valence-corrected chi connectivity index (χ4v) is 1.99. The average Bonchev–Trinajstić information content (AvgIpc) is 2.68. The van der Waals surface area contributed by atoms with Gasteiger partial charge in [0.25, 0.3) is 5.91 Å². The number of amides is 1. The summed E-state index contributed by atoms with van der Waals surface area (Å²) in [5.74, 6) is -0.170. The van der Waals surface area contributed by atoms with Crippen molar-refractivity contribution in [2.24, 2.45) is 0 Å². The first-order valence-corrected chi connectivity index (χ1v) is 5.48. The number of para-hydroxylation sites is 1.